The van der Waals surface area contributed by atoms with Crippen molar-refractivity contribution in [3.8, 4) is 6.07 Å². The molecule has 0 saturated heterocycles. The third-order valence-corrected chi connectivity index (χ3v) is 0.920. The second-order valence-corrected chi connectivity index (χ2v) is 1.45. The average molecular weight is 125 g/mol. The lowest BCUT2D eigenvalue weighted by Crippen LogP contribution is -1.76. The van der Waals surface area contributed by atoms with Crippen LogP contribution in [0.2, 0.25) is 0 Å². The zero-order valence-electron chi connectivity index (χ0n) is 5.48. The van der Waals surface area contributed by atoms with Gasteiger partial charge in [-0.05, 0) is 13.8 Å². The molecular weight excluding hydrogens is 117 g/mol. The summed E-state index contributed by atoms with van der Waals surface area (Å²) in [5.74, 6) is -0.458. The highest BCUT2D eigenvalue weighted by atomic mass is 19.1. The summed E-state index contributed by atoms with van der Waals surface area (Å²) in [7, 11) is 0. The number of allylic oxidation sites excluding steroid dienone is 4. The van der Waals surface area contributed by atoms with Crippen molar-refractivity contribution in [2.75, 3.05) is 0 Å². The summed E-state index contributed by atoms with van der Waals surface area (Å²) in [6, 6.07) is 1.72. The van der Waals surface area contributed by atoms with E-state index in [2.05, 4.69) is 0 Å². The Morgan fingerprint density at radius 2 is 2.00 bits per heavy atom. The van der Waals surface area contributed by atoms with Crippen LogP contribution < -0.4 is 0 Å². The number of nitrogens with zero attached hydrogens (tertiary/aromatic N) is 1. The Bertz CT molecular complexity index is 184. The lowest BCUT2D eigenvalue weighted by molar-refractivity contribution is 0.655. The standard InChI is InChI=1S/C7H8FN/c1-3-6(5-9)7(8)4-2/h3-4H,1-2H3/b6-3-,7-4+. The summed E-state index contributed by atoms with van der Waals surface area (Å²) < 4.78 is 12.4. The van der Waals surface area contributed by atoms with E-state index in [1.165, 1.54) is 12.2 Å². The van der Waals surface area contributed by atoms with Crippen LogP contribution in [0, 0.1) is 11.3 Å². The summed E-state index contributed by atoms with van der Waals surface area (Å²) in [6.07, 6.45) is 2.70. The third kappa shape index (κ3) is 2.09. The van der Waals surface area contributed by atoms with Gasteiger partial charge in [-0.1, -0.05) is 12.2 Å². The Labute approximate surface area is 54.1 Å². The smallest absolute Gasteiger partial charge is 0.136 e. The van der Waals surface area contributed by atoms with Gasteiger partial charge in [-0.25, -0.2) is 4.39 Å². The monoisotopic (exact) mass is 125 g/mol. The van der Waals surface area contributed by atoms with Crippen LogP contribution >= 0.6 is 0 Å². The van der Waals surface area contributed by atoms with Crippen LogP contribution in [0.5, 0.6) is 0 Å². The van der Waals surface area contributed by atoms with E-state index < -0.39 is 5.83 Å². The van der Waals surface area contributed by atoms with E-state index in [0.29, 0.717) is 0 Å². The second-order valence-electron chi connectivity index (χ2n) is 1.45. The molecule has 0 radical (unpaired) electrons. The van der Waals surface area contributed by atoms with Crippen LogP contribution in [0.25, 0.3) is 0 Å². The Hall–Kier alpha value is -1.10. The van der Waals surface area contributed by atoms with Crippen molar-refractivity contribution in [3.05, 3.63) is 23.6 Å². The van der Waals surface area contributed by atoms with Gasteiger partial charge >= 0.3 is 0 Å². The van der Waals surface area contributed by atoms with Crippen LogP contribution in [0.15, 0.2) is 23.6 Å². The first-order valence-corrected chi connectivity index (χ1v) is 2.64. The molecule has 0 N–H and O–H groups in total. The fourth-order valence-electron chi connectivity index (χ4n) is 0.411. The second kappa shape index (κ2) is 3.85. The van der Waals surface area contributed by atoms with Gasteiger partial charge in [0, 0.05) is 0 Å². The Morgan fingerprint density at radius 3 is 2.11 bits per heavy atom. The van der Waals surface area contributed by atoms with Crippen LogP contribution in [-0.4, -0.2) is 0 Å². The fraction of sp³-hybridized carbons (Fsp3) is 0.286. The van der Waals surface area contributed by atoms with Crippen molar-refractivity contribution in [2.24, 2.45) is 0 Å². The van der Waals surface area contributed by atoms with Gasteiger partial charge in [-0.3, -0.25) is 0 Å². The maximum absolute atomic E-state index is 12.4. The number of hydrogen-bond acceptors (Lipinski definition) is 1. The van der Waals surface area contributed by atoms with Crippen molar-refractivity contribution < 1.29 is 4.39 Å². The summed E-state index contributed by atoms with van der Waals surface area (Å²) in [4.78, 5) is 0. The molecule has 0 spiro atoms. The number of hydrogen-bond donors (Lipinski definition) is 0. The van der Waals surface area contributed by atoms with Crippen molar-refractivity contribution >= 4 is 0 Å². The zero-order valence-corrected chi connectivity index (χ0v) is 5.48. The number of rotatable bonds is 1. The van der Waals surface area contributed by atoms with E-state index >= 15 is 0 Å². The molecule has 9 heavy (non-hydrogen) atoms. The highest BCUT2D eigenvalue weighted by Crippen LogP contribution is 2.08. The van der Waals surface area contributed by atoms with Gasteiger partial charge in [0.05, 0.1) is 5.57 Å². The maximum atomic E-state index is 12.4. The lowest BCUT2D eigenvalue weighted by atomic mass is 10.2. The predicted octanol–water partition coefficient (Wildman–Crippen LogP) is 2.33. The highest BCUT2D eigenvalue weighted by Gasteiger charge is 1.97. The summed E-state index contributed by atoms with van der Waals surface area (Å²) in [6.45, 7) is 3.18. The molecule has 0 saturated carbocycles. The number of halogens is 1. The van der Waals surface area contributed by atoms with Gasteiger partial charge in [-0.15, -0.1) is 0 Å². The molecule has 0 aliphatic heterocycles. The van der Waals surface area contributed by atoms with Gasteiger partial charge in [0.2, 0.25) is 0 Å². The molecule has 0 aromatic carbocycles. The summed E-state index contributed by atoms with van der Waals surface area (Å²) in [5.41, 5.74) is 0.0949. The van der Waals surface area contributed by atoms with Gasteiger partial charge in [0.15, 0.2) is 0 Å². The quantitative estimate of drug-likeness (QED) is 0.389. The molecule has 0 aliphatic rings. The van der Waals surface area contributed by atoms with E-state index in [1.54, 1.807) is 19.9 Å². The van der Waals surface area contributed by atoms with Gasteiger partial charge in [0.25, 0.3) is 0 Å². The molecule has 0 aromatic rings. The van der Waals surface area contributed by atoms with Crippen molar-refractivity contribution in [1.82, 2.24) is 0 Å². The molecule has 0 rings (SSSR count). The van der Waals surface area contributed by atoms with E-state index in [4.69, 9.17) is 5.26 Å². The minimum absolute atomic E-state index is 0.0949. The van der Waals surface area contributed by atoms with Crippen molar-refractivity contribution in [3.63, 3.8) is 0 Å². The topological polar surface area (TPSA) is 23.8 Å². The Morgan fingerprint density at radius 1 is 1.44 bits per heavy atom. The molecular formula is C7H8FN. The third-order valence-electron chi connectivity index (χ3n) is 0.920. The predicted molar refractivity (Wildman–Crippen MR) is 34.2 cm³/mol. The maximum Gasteiger partial charge on any atom is 0.136 e. The molecule has 0 unspecified atom stereocenters. The van der Waals surface area contributed by atoms with Crippen LogP contribution in [-0.2, 0) is 0 Å². The average Bonchev–Trinajstić information content (AvgIpc) is 1.90. The molecule has 48 valence electrons. The first-order chi connectivity index (χ1) is 4.26. The zero-order chi connectivity index (χ0) is 7.28. The van der Waals surface area contributed by atoms with Gasteiger partial charge in [-0.2, -0.15) is 5.26 Å². The first-order valence-electron chi connectivity index (χ1n) is 2.64. The molecule has 0 amide bonds. The first kappa shape index (κ1) is 7.90. The molecule has 0 aromatic heterocycles. The van der Waals surface area contributed by atoms with E-state index in [9.17, 15) is 4.39 Å². The van der Waals surface area contributed by atoms with Crippen molar-refractivity contribution in [2.45, 2.75) is 13.8 Å². The molecule has 0 heterocycles. The summed E-state index contributed by atoms with van der Waals surface area (Å²) >= 11 is 0. The van der Waals surface area contributed by atoms with Crippen LogP contribution in [0.3, 0.4) is 0 Å². The molecule has 0 atom stereocenters. The molecule has 1 nitrogen and oxygen atoms in total. The Kier molecular flexibility index (Phi) is 3.38. The fourth-order valence-corrected chi connectivity index (χ4v) is 0.411. The summed E-state index contributed by atoms with van der Waals surface area (Å²) in [5, 5.41) is 8.23. The normalized spacial score (nSPS) is 13.1. The highest BCUT2D eigenvalue weighted by molar-refractivity contribution is 5.36. The van der Waals surface area contributed by atoms with Crippen molar-refractivity contribution in [1.29, 1.82) is 5.26 Å². The number of nitriles is 1. The van der Waals surface area contributed by atoms with E-state index in [1.807, 2.05) is 0 Å². The molecule has 0 aliphatic carbocycles. The van der Waals surface area contributed by atoms with E-state index in [0.717, 1.165) is 0 Å². The van der Waals surface area contributed by atoms with Gasteiger partial charge < -0.3 is 0 Å². The molecule has 0 bridgehead atoms. The van der Waals surface area contributed by atoms with Crippen LogP contribution in [0.1, 0.15) is 13.8 Å². The largest absolute Gasteiger partial charge is 0.206 e. The minimum atomic E-state index is -0.458. The molecule has 2 heteroatoms. The molecule has 0 fully saturated rings. The SMILES string of the molecule is C/C=C(C#N)\C(F)=C/C. The minimum Gasteiger partial charge on any atom is -0.206 e. The Balaban J connectivity index is 4.39. The van der Waals surface area contributed by atoms with E-state index in [-0.39, 0.29) is 5.57 Å². The van der Waals surface area contributed by atoms with Gasteiger partial charge in [0.1, 0.15) is 11.9 Å². The van der Waals surface area contributed by atoms with Crippen LogP contribution in [0.4, 0.5) is 4.39 Å². The lowest BCUT2D eigenvalue weighted by Gasteiger charge is -1.87.